The third-order valence-corrected chi connectivity index (χ3v) is 22.2. The van der Waals surface area contributed by atoms with E-state index >= 15 is 0 Å². The molecule has 448 valence electrons. The Kier molecular flexibility index (Phi) is 16.6. The number of anilines is 4. The van der Waals surface area contributed by atoms with Crippen molar-refractivity contribution in [3.8, 4) is 0 Å². The molecule has 0 fully saturated rings. The average molecular weight is 1390 g/mol. The van der Waals surface area contributed by atoms with Gasteiger partial charge in [0.05, 0.1) is 81.5 Å². The maximum atomic E-state index is 14.8. The molecule has 0 saturated heterocycles. The monoisotopic (exact) mass is 1390 g/mol. The second-order valence-corrected chi connectivity index (χ2v) is 34.0. The van der Waals surface area contributed by atoms with E-state index in [1.807, 2.05) is 0 Å². The highest BCUT2D eigenvalue weighted by Crippen LogP contribution is 2.39. The summed E-state index contributed by atoms with van der Waals surface area (Å²) in [5.74, 6) is 0. The molecule has 0 radical (unpaired) electrons. The molecule has 82 heavy (non-hydrogen) atoms. The number of hydrogen-bond acceptors (Lipinski definition) is 24. The first kappa shape index (κ1) is 65.0. The van der Waals surface area contributed by atoms with Crippen molar-refractivity contribution in [2.45, 2.75) is 58.7 Å². The first-order valence-corrected chi connectivity index (χ1v) is 37.2. The van der Waals surface area contributed by atoms with Gasteiger partial charge in [-0.3, -0.25) is 55.3 Å². The molecule has 48 heteroatoms. The summed E-state index contributed by atoms with van der Waals surface area (Å²) in [6.07, 6.45) is 0. The molecule has 12 N–H and O–H groups in total. The third-order valence-electron chi connectivity index (χ3n) is 10.0. The van der Waals surface area contributed by atoms with E-state index in [1.165, 1.54) is 18.9 Å². The van der Waals surface area contributed by atoms with E-state index in [0.29, 0.717) is 0 Å². The molecule has 6 aromatic carbocycles. The number of benzene rings is 6. The van der Waals surface area contributed by atoms with Crippen LogP contribution in [0.3, 0.4) is 0 Å². The number of fused-ring (bicyclic) bond motifs is 1. The van der Waals surface area contributed by atoms with E-state index in [9.17, 15) is 137 Å². The van der Waals surface area contributed by atoms with Gasteiger partial charge >= 0.3 is 0 Å². The molecule has 0 amide bonds. The fourth-order valence-electron chi connectivity index (χ4n) is 6.68. The van der Waals surface area contributed by atoms with Gasteiger partial charge in [0.25, 0.3) is 121 Å². The van der Waals surface area contributed by atoms with Crippen LogP contribution in [0.5, 0.6) is 0 Å². The molecule has 0 aromatic heterocycles. The standard InChI is InChI=1S/C34H28N4O32S12/c39-71(40,35-18-3-24(75(47,48)49)11-25(4-18)76(50,51)52)22-1-17-2-23(72(41,42)36-19-5-26(77(53,54)55)12-27(6-19)78(56,57)58)16-33(74(45,46)38-21-9-30(81(65,66)67)14-31(10-21)82(68,69)70)34(17)32(15-22)73(43,44)37-20-7-28(79(59,60)61)13-29(8-20)80(62,63)64/h1-16,35-38H,(H,47,48,49)(H,50,51,52)(H,53,54,55)(H,56,57,58)(H,59,60,61)(H,62,63,64)(H,65,66,67)(H,68,69,70). The van der Waals surface area contributed by atoms with E-state index in [0.717, 1.165) is 0 Å². The predicted octanol–water partition coefficient (Wildman–Crippen LogP) is 0.0166. The smallest absolute Gasteiger partial charge is 0.282 e. The minimum Gasteiger partial charge on any atom is -0.282 e. The lowest BCUT2D eigenvalue weighted by Gasteiger charge is -2.19. The Morgan fingerprint density at radius 1 is 0.207 bits per heavy atom. The maximum absolute atomic E-state index is 14.8. The van der Waals surface area contributed by atoms with Crippen molar-refractivity contribution in [1.82, 2.24) is 0 Å². The summed E-state index contributed by atoms with van der Waals surface area (Å²) >= 11 is 0. The van der Waals surface area contributed by atoms with E-state index in [1.54, 1.807) is 0 Å². The van der Waals surface area contributed by atoms with Crippen LogP contribution in [0.2, 0.25) is 0 Å². The molecule has 0 saturated carbocycles. The Morgan fingerprint density at radius 3 is 0.549 bits per heavy atom. The van der Waals surface area contributed by atoms with Crippen LogP contribution >= 0.6 is 0 Å². The van der Waals surface area contributed by atoms with Gasteiger partial charge in [0.2, 0.25) is 0 Å². The summed E-state index contributed by atoms with van der Waals surface area (Å²) in [6.45, 7) is 0. The van der Waals surface area contributed by atoms with Gasteiger partial charge in [-0.25, -0.2) is 33.7 Å². The van der Waals surface area contributed by atoms with Crippen LogP contribution < -0.4 is 18.9 Å². The molecule has 0 atom stereocenters. The quantitative estimate of drug-likeness (QED) is 0.0448. The van der Waals surface area contributed by atoms with Gasteiger partial charge < -0.3 is 0 Å². The van der Waals surface area contributed by atoms with Gasteiger partial charge in [0, 0.05) is 5.39 Å². The van der Waals surface area contributed by atoms with Crippen LogP contribution in [0.1, 0.15) is 0 Å². The molecule has 0 aliphatic rings. The van der Waals surface area contributed by atoms with Crippen LogP contribution in [0.25, 0.3) is 10.8 Å². The van der Waals surface area contributed by atoms with Crippen molar-refractivity contribution in [2.75, 3.05) is 18.9 Å². The minimum atomic E-state index is -6.18. The van der Waals surface area contributed by atoms with Crippen LogP contribution in [0.15, 0.2) is 156 Å². The summed E-state index contributed by atoms with van der Waals surface area (Å²) in [7, 11) is -68.9. The molecule has 0 bridgehead atoms. The highest BCUT2D eigenvalue weighted by molar-refractivity contribution is 7.95. The SMILES string of the molecule is O=S(=O)(O)c1cc(NS(=O)(=O)c2cc(S(=O)(=O)Nc3cc(S(=O)(=O)O)cc(S(=O)(=O)O)c3)c3c(S(=O)(=O)Nc4cc(S(=O)(=O)O)cc(S(=O)(=O)O)c4)cc(S(=O)(=O)Nc4cc(S(=O)(=O)O)cc(S(=O)(=O)O)c4)cc3c2)cc(S(=O)(=O)O)c1. The van der Waals surface area contributed by atoms with Crippen LogP contribution in [-0.4, -0.2) is 137 Å². The average Bonchev–Trinajstić information content (AvgIpc) is 2.33. The van der Waals surface area contributed by atoms with Gasteiger partial charge in [-0.2, -0.15) is 67.3 Å². The molecule has 6 aromatic rings. The first-order valence-electron chi connectivity index (χ1n) is 19.7. The lowest BCUT2D eigenvalue weighted by atomic mass is 10.1. The number of hydrogen-bond donors (Lipinski definition) is 12. The summed E-state index contributed by atoms with van der Waals surface area (Å²) < 4.78 is 394. The highest BCUT2D eigenvalue weighted by atomic mass is 32.3. The summed E-state index contributed by atoms with van der Waals surface area (Å²) in [5.41, 5.74) is -5.29. The molecule has 0 aliphatic heterocycles. The van der Waals surface area contributed by atoms with Crippen molar-refractivity contribution in [1.29, 1.82) is 0 Å². The van der Waals surface area contributed by atoms with Crippen LogP contribution in [0.4, 0.5) is 22.7 Å². The summed E-state index contributed by atoms with van der Waals surface area (Å²) in [5, 5.41) is -2.96. The van der Waals surface area contributed by atoms with Crippen LogP contribution in [0, 0.1) is 0 Å². The molecule has 0 heterocycles. The van der Waals surface area contributed by atoms with Gasteiger partial charge in [0.15, 0.2) is 0 Å². The molecule has 0 spiro atoms. The Labute approximate surface area is 463 Å². The highest BCUT2D eigenvalue weighted by Gasteiger charge is 2.34. The zero-order valence-electron chi connectivity index (χ0n) is 38.5. The molecular weight excluding hydrogens is 1360 g/mol. The lowest BCUT2D eigenvalue weighted by Crippen LogP contribution is -2.21. The number of rotatable bonds is 20. The van der Waals surface area contributed by atoms with Gasteiger partial charge in [0.1, 0.15) is 0 Å². The van der Waals surface area contributed by atoms with Crippen molar-refractivity contribution >= 4 is 155 Å². The van der Waals surface area contributed by atoms with Crippen molar-refractivity contribution in [3.05, 3.63) is 97.1 Å². The normalized spacial score (nSPS) is 13.8. The Bertz CT molecular complexity index is 4720. The first-order chi connectivity index (χ1) is 36.6. The number of sulfonamides is 4. The predicted molar refractivity (Wildman–Crippen MR) is 271 cm³/mol. The van der Waals surface area contributed by atoms with E-state index in [-0.39, 0.29) is 97.1 Å². The zero-order valence-corrected chi connectivity index (χ0v) is 48.3. The van der Waals surface area contributed by atoms with Gasteiger partial charge in [-0.15, -0.1) is 0 Å². The van der Waals surface area contributed by atoms with Crippen LogP contribution in [-0.2, 0) is 121 Å². The molecule has 0 aliphatic carbocycles. The topological polar surface area (TPSA) is 620 Å². The molecule has 0 unspecified atom stereocenters. The van der Waals surface area contributed by atoms with Crippen molar-refractivity contribution in [3.63, 3.8) is 0 Å². The van der Waals surface area contributed by atoms with Crippen molar-refractivity contribution in [2.24, 2.45) is 0 Å². The fraction of sp³-hybridized carbons (Fsp3) is 0. The maximum Gasteiger partial charge on any atom is 0.294 e. The Balaban J connectivity index is 1.81. The van der Waals surface area contributed by atoms with Gasteiger partial charge in [-0.05, 0) is 102 Å². The Hall–Kier alpha value is -6.14. The number of nitrogens with one attached hydrogen (secondary N) is 4. The molecule has 6 rings (SSSR count). The lowest BCUT2D eigenvalue weighted by molar-refractivity contribution is 0.476. The van der Waals surface area contributed by atoms with Crippen molar-refractivity contribution < 1.29 is 137 Å². The largest absolute Gasteiger partial charge is 0.294 e. The van der Waals surface area contributed by atoms with E-state index in [2.05, 4.69) is 0 Å². The third kappa shape index (κ3) is 15.0. The molecular formula is C34H28N4O32S12. The Morgan fingerprint density at radius 2 is 0.378 bits per heavy atom. The molecule has 36 nitrogen and oxygen atoms in total. The summed E-state index contributed by atoms with van der Waals surface area (Å²) in [6, 6.07) is 1.34. The minimum absolute atomic E-state index is 0.0422. The van der Waals surface area contributed by atoms with Gasteiger partial charge in [-0.1, -0.05) is 0 Å². The second kappa shape index (κ2) is 20.9. The van der Waals surface area contributed by atoms with E-state index in [4.69, 9.17) is 0 Å². The zero-order chi connectivity index (χ0) is 62.5. The second-order valence-electron chi connectivity index (χ2n) is 15.9. The van der Waals surface area contributed by atoms with E-state index < -0.39 is 213 Å². The summed E-state index contributed by atoms with van der Waals surface area (Å²) in [4.78, 5) is -19.2. The fourth-order valence-corrected chi connectivity index (χ4v) is 16.4.